The van der Waals surface area contributed by atoms with Gasteiger partial charge in [-0.05, 0) is 71.3 Å². The largest absolute Gasteiger partial charge is 0.309 e. The normalized spacial score (nSPS) is 11.3. The van der Waals surface area contributed by atoms with E-state index >= 15 is 0 Å². The molecule has 48 heavy (non-hydrogen) atoms. The number of hydrogen-bond acceptors (Lipinski definition) is 1. The van der Waals surface area contributed by atoms with Gasteiger partial charge in [0.15, 0.2) is 5.69 Å². The smallest absolute Gasteiger partial charge is 0.196 e. The minimum atomic E-state index is 0.466. The zero-order valence-corrected chi connectivity index (χ0v) is 25.8. The zero-order chi connectivity index (χ0) is 32.2. The predicted molar refractivity (Wildman–Crippen MR) is 197 cm³/mol. The van der Waals surface area contributed by atoms with Gasteiger partial charge in [-0.1, -0.05) is 103 Å². The molecule has 222 valence electrons. The summed E-state index contributed by atoms with van der Waals surface area (Å²) in [6.07, 6.45) is 0. The van der Waals surface area contributed by atoms with Crippen LogP contribution >= 0.6 is 0 Å². The summed E-state index contributed by atoms with van der Waals surface area (Å²) < 4.78 is 4.68. The molecule has 0 spiro atoms. The Bertz CT molecular complexity index is 2720. The number of aromatic nitrogens is 2. The van der Waals surface area contributed by atoms with Gasteiger partial charge in [0.05, 0.1) is 34.7 Å². The molecular weight excluding hydrogens is 585 g/mol. The van der Waals surface area contributed by atoms with E-state index in [0.29, 0.717) is 16.8 Å². The molecule has 0 radical (unpaired) electrons. The Morgan fingerprint density at radius 1 is 0.479 bits per heavy atom. The Kier molecular flexibility index (Phi) is 6.22. The molecule has 4 heteroatoms. The second-order valence-corrected chi connectivity index (χ2v) is 11.9. The van der Waals surface area contributed by atoms with E-state index < -0.39 is 0 Å². The summed E-state index contributed by atoms with van der Waals surface area (Å²) in [6.45, 7) is 7.89. The first-order chi connectivity index (χ1) is 23.7. The quantitative estimate of drug-likeness (QED) is 0.183. The molecule has 7 aromatic carbocycles. The monoisotopic (exact) mass is 610 g/mol. The number of rotatable bonds is 4. The molecule has 4 nitrogen and oxygen atoms in total. The SMILES string of the molecule is [C-]#[N+]c1cccc(C#N)c1-c1ccc(-n2c3ccccc3c3cc(-n4c5ccccc5c5ccccc54)ccc32)cc1-c1ccccc1. The maximum Gasteiger partial charge on any atom is 0.196 e. The first-order valence-electron chi connectivity index (χ1n) is 15.9. The Balaban J connectivity index is 1.31. The van der Waals surface area contributed by atoms with Gasteiger partial charge in [0.25, 0.3) is 0 Å². The highest BCUT2D eigenvalue weighted by Gasteiger charge is 2.20. The predicted octanol–water partition coefficient (Wildman–Crippen LogP) is 11.6. The molecule has 2 aromatic heterocycles. The molecule has 0 unspecified atom stereocenters. The molecule has 0 amide bonds. The van der Waals surface area contributed by atoms with Crippen LogP contribution in [0, 0.1) is 17.9 Å². The van der Waals surface area contributed by atoms with E-state index in [0.717, 1.165) is 39.1 Å². The van der Waals surface area contributed by atoms with Crippen LogP contribution in [0.4, 0.5) is 5.69 Å². The number of para-hydroxylation sites is 3. The first kappa shape index (κ1) is 27.4. The van der Waals surface area contributed by atoms with Crippen LogP contribution in [-0.2, 0) is 0 Å². The lowest BCUT2D eigenvalue weighted by molar-refractivity contribution is 1.17. The summed E-state index contributed by atoms with van der Waals surface area (Å²) in [5, 5.41) is 14.9. The van der Waals surface area contributed by atoms with Gasteiger partial charge in [0, 0.05) is 44.0 Å². The third-order valence-corrected chi connectivity index (χ3v) is 9.39. The van der Waals surface area contributed by atoms with Gasteiger partial charge in [0.1, 0.15) is 0 Å². The van der Waals surface area contributed by atoms with E-state index in [9.17, 15) is 5.26 Å². The lowest BCUT2D eigenvalue weighted by Gasteiger charge is -2.17. The average Bonchev–Trinajstić information content (AvgIpc) is 3.67. The van der Waals surface area contributed by atoms with E-state index in [1.165, 1.54) is 32.6 Å². The molecule has 0 aliphatic heterocycles. The molecule has 0 aliphatic carbocycles. The molecule has 9 rings (SSSR count). The Labute approximate surface area is 277 Å². The summed E-state index contributed by atoms with van der Waals surface area (Å²) in [6, 6.07) is 56.8. The lowest BCUT2D eigenvalue weighted by atomic mass is 9.90. The molecule has 0 aliphatic rings. The lowest BCUT2D eigenvalue weighted by Crippen LogP contribution is -1.97. The second kappa shape index (κ2) is 10.9. The van der Waals surface area contributed by atoms with E-state index in [-0.39, 0.29) is 0 Å². The fourth-order valence-electron chi connectivity index (χ4n) is 7.33. The standard InChI is InChI=1S/C44H26N4/c1-46-39-18-11-14-30(28-45)44(39)36-24-22-31(26-37(36)29-12-3-2-4-13-29)48-42-21-10-7-17-35(42)38-27-32(23-25-43(38)48)47-40-19-8-5-15-33(40)34-16-6-9-20-41(34)47/h2-27H. The van der Waals surface area contributed by atoms with Gasteiger partial charge in [-0.25, -0.2) is 4.85 Å². The van der Waals surface area contributed by atoms with Crippen LogP contribution < -0.4 is 0 Å². The number of fused-ring (bicyclic) bond motifs is 6. The topological polar surface area (TPSA) is 38.0 Å². The van der Waals surface area contributed by atoms with Crippen LogP contribution in [0.3, 0.4) is 0 Å². The van der Waals surface area contributed by atoms with E-state index in [4.69, 9.17) is 6.57 Å². The van der Waals surface area contributed by atoms with E-state index in [1.54, 1.807) is 18.2 Å². The summed E-state index contributed by atoms with van der Waals surface area (Å²) in [4.78, 5) is 3.80. The highest BCUT2D eigenvalue weighted by atomic mass is 15.0. The van der Waals surface area contributed by atoms with Crippen LogP contribution in [0.25, 0.3) is 82.1 Å². The summed E-state index contributed by atoms with van der Waals surface area (Å²) in [5.74, 6) is 0. The van der Waals surface area contributed by atoms with E-state index in [2.05, 4.69) is 141 Å². The van der Waals surface area contributed by atoms with Crippen LogP contribution in [-0.4, -0.2) is 9.13 Å². The number of hydrogen-bond donors (Lipinski definition) is 0. The van der Waals surface area contributed by atoms with Crippen molar-refractivity contribution in [3.8, 4) is 39.7 Å². The van der Waals surface area contributed by atoms with Crippen LogP contribution in [0.2, 0.25) is 0 Å². The number of nitrogens with zero attached hydrogens (tertiary/aromatic N) is 4. The zero-order valence-electron chi connectivity index (χ0n) is 25.8. The van der Waals surface area contributed by atoms with Crippen molar-refractivity contribution in [2.45, 2.75) is 0 Å². The average molecular weight is 611 g/mol. The van der Waals surface area contributed by atoms with Crippen molar-refractivity contribution in [3.05, 3.63) is 175 Å². The third kappa shape index (κ3) is 4.07. The van der Waals surface area contributed by atoms with Gasteiger partial charge in [0.2, 0.25) is 0 Å². The number of benzene rings is 7. The highest BCUT2D eigenvalue weighted by Crippen LogP contribution is 2.42. The van der Waals surface area contributed by atoms with E-state index in [1.807, 2.05) is 18.2 Å². The Morgan fingerprint density at radius 3 is 1.65 bits per heavy atom. The van der Waals surface area contributed by atoms with Crippen molar-refractivity contribution in [2.75, 3.05) is 0 Å². The number of nitriles is 1. The van der Waals surface area contributed by atoms with Crippen molar-refractivity contribution in [3.63, 3.8) is 0 Å². The molecule has 0 saturated carbocycles. The summed E-state index contributed by atoms with van der Waals surface area (Å²) in [5.41, 5.74) is 11.2. The van der Waals surface area contributed by atoms with Gasteiger partial charge < -0.3 is 9.13 Å². The molecule has 9 aromatic rings. The van der Waals surface area contributed by atoms with Crippen molar-refractivity contribution in [1.29, 1.82) is 5.26 Å². The van der Waals surface area contributed by atoms with Crippen molar-refractivity contribution < 1.29 is 0 Å². The summed E-state index contributed by atoms with van der Waals surface area (Å²) >= 11 is 0. The Morgan fingerprint density at radius 2 is 1.02 bits per heavy atom. The van der Waals surface area contributed by atoms with Gasteiger partial charge in [-0.3, -0.25) is 0 Å². The van der Waals surface area contributed by atoms with Crippen LogP contribution in [0.5, 0.6) is 0 Å². The van der Waals surface area contributed by atoms with Gasteiger partial charge in [-0.15, -0.1) is 0 Å². The van der Waals surface area contributed by atoms with Crippen molar-refractivity contribution in [1.82, 2.24) is 9.13 Å². The van der Waals surface area contributed by atoms with Gasteiger partial charge in [-0.2, -0.15) is 5.26 Å². The second-order valence-electron chi connectivity index (χ2n) is 11.9. The molecule has 0 fully saturated rings. The summed E-state index contributed by atoms with van der Waals surface area (Å²) in [7, 11) is 0. The fraction of sp³-hybridized carbons (Fsp3) is 0. The van der Waals surface area contributed by atoms with Crippen molar-refractivity contribution >= 4 is 49.3 Å². The Hall–Kier alpha value is -6.88. The van der Waals surface area contributed by atoms with Crippen molar-refractivity contribution in [2.24, 2.45) is 0 Å². The molecule has 0 atom stereocenters. The maximum absolute atomic E-state index is 10.1. The molecule has 0 saturated heterocycles. The molecular formula is C44H26N4. The minimum Gasteiger partial charge on any atom is -0.309 e. The highest BCUT2D eigenvalue weighted by molar-refractivity contribution is 6.12. The minimum absolute atomic E-state index is 0.466. The molecule has 0 N–H and O–H groups in total. The first-order valence-corrected chi connectivity index (χ1v) is 15.9. The van der Waals surface area contributed by atoms with Gasteiger partial charge >= 0.3 is 0 Å². The molecule has 2 heterocycles. The fourth-order valence-corrected chi connectivity index (χ4v) is 7.33. The molecule has 0 bridgehead atoms. The maximum atomic E-state index is 10.1. The van der Waals surface area contributed by atoms with Crippen LogP contribution in [0.15, 0.2) is 158 Å². The third-order valence-electron chi connectivity index (χ3n) is 9.39. The van der Waals surface area contributed by atoms with Crippen LogP contribution in [0.1, 0.15) is 5.56 Å².